The van der Waals surface area contributed by atoms with Gasteiger partial charge in [0, 0.05) is 37.7 Å². The van der Waals surface area contributed by atoms with E-state index in [0.717, 1.165) is 22.0 Å². The predicted octanol–water partition coefficient (Wildman–Crippen LogP) is 18.4. The molecular weight excluding hydrogens is 861 g/mol. The molecule has 2 heterocycles. The number of nitrogens with zero attached hydrogens (tertiary/aromatic N) is 2. The molecule has 0 atom stereocenters. The quantitative estimate of drug-likeness (QED) is 0.153. The maximum absolute atomic E-state index is 4.16. The molecule has 1 spiro atoms. The van der Waals surface area contributed by atoms with Gasteiger partial charge in [0.15, 0.2) is 0 Å². The van der Waals surface area contributed by atoms with Crippen molar-refractivity contribution in [2.75, 3.05) is 16.8 Å². The summed E-state index contributed by atoms with van der Waals surface area (Å²) in [5.41, 5.74) is 17.0. The average Bonchev–Trinajstić information content (AvgIpc) is 4.00. The van der Waals surface area contributed by atoms with Crippen LogP contribution >= 0.6 is 23.5 Å². The number of anilines is 4. The van der Waals surface area contributed by atoms with E-state index < -0.39 is 0 Å². The van der Waals surface area contributed by atoms with E-state index in [4.69, 9.17) is 0 Å². The summed E-state index contributed by atoms with van der Waals surface area (Å²) in [5.74, 6) is 0. The van der Waals surface area contributed by atoms with Crippen LogP contribution in [0.3, 0.4) is 0 Å². The number of fused-ring (bicyclic) bond motifs is 10. The lowest BCUT2D eigenvalue weighted by atomic mass is 9.76. The predicted molar refractivity (Wildman–Crippen MR) is 294 cm³/mol. The third-order valence-electron chi connectivity index (χ3n) is 14.4. The Labute approximate surface area is 408 Å². The van der Waals surface area contributed by atoms with E-state index in [1.807, 2.05) is 23.9 Å². The average molecular weight is 911 g/mol. The minimum Gasteiger partial charge on any atom is -0.343 e. The van der Waals surface area contributed by atoms with Crippen LogP contribution in [0, 0.1) is 0 Å². The second-order valence-electron chi connectivity index (χ2n) is 18.1. The second kappa shape index (κ2) is 17.4. The van der Waals surface area contributed by atoms with Gasteiger partial charge in [-0.3, -0.25) is 0 Å². The molecule has 68 heavy (non-hydrogen) atoms. The van der Waals surface area contributed by atoms with Gasteiger partial charge in [0.2, 0.25) is 0 Å². The smallest absolute Gasteiger partial charge is 0.0601 e. The molecule has 0 bridgehead atoms. The standard InChI is InChI=1S/C51H39NS.C13H11NS/c1-3-47-49(4-2)53-50-18-10-9-17-48(50)52(47)39-26-24-36-32-38(23-22-37(36)33-39)41-28-25-35(40-13-5-6-14-42(40)41)21-19-34-20-27-44-43-15-7-8-16-45(43)51(46(44)31-34)29-11-12-30-51;1-14-10-6-2-4-8-12(10)15-13-9-5-3-7-11(13)14/h3-10,13-28,31-33H,1-2,11-12,29-30H2;2-9H,1H3/b21-19+;. The largest absolute Gasteiger partial charge is 0.343 e. The third-order valence-corrected chi connectivity index (χ3v) is 16.7. The van der Waals surface area contributed by atoms with Gasteiger partial charge in [-0.05, 0) is 140 Å². The molecule has 0 aromatic heterocycles. The summed E-state index contributed by atoms with van der Waals surface area (Å²) in [6, 6.07) is 68.9. The highest BCUT2D eigenvalue weighted by Gasteiger charge is 2.44. The van der Waals surface area contributed by atoms with Crippen molar-refractivity contribution in [2.45, 2.75) is 45.8 Å². The lowest BCUT2D eigenvalue weighted by Gasteiger charge is -2.33. The lowest BCUT2D eigenvalue weighted by Crippen LogP contribution is -2.20. The zero-order chi connectivity index (χ0) is 45.8. The molecule has 0 saturated heterocycles. The lowest BCUT2D eigenvalue weighted by molar-refractivity contribution is 0.550. The van der Waals surface area contributed by atoms with Crippen LogP contribution in [0.5, 0.6) is 0 Å². The highest BCUT2D eigenvalue weighted by molar-refractivity contribution is 8.03. The fraction of sp³-hybridized carbons (Fsp3) is 0.0938. The van der Waals surface area contributed by atoms with Gasteiger partial charge in [0.25, 0.3) is 0 Å². The van der Waals surface area contributed by atoms with Gasteiger partial charge < -0.3 is 9.80 Å². The van der Waals surface area contributed by atoms with Crippen LogP contribution in [-0.4, -0.2) is 7.05 Å². The van der Waals surface area contributed by atoms with E-state index in [1.165, 1.54) is 118 Å². The Morgan fingerprint density at radius 3 is 1.87 bits per heavy atom. The molecule has 2 aliphatic heterocycles. The van der Waals surface area contributed by atoms with Crippen molar-refractivity contribution in [3.63, 3.8) is 0 Å². The minimum atomic E-state index is 0.185. The van der Waals surface area contributed by atoms with Crippen molar-refractivity contribution in [3.8, 4) is 22.3 Å². The maximum atomic E-state index is 4.16. The first-order chi connectivity index (χ1) is 33.5. The van der Waals surface area contributed by atoms with Gasteiger partial charge in [-0.25, -0.2) is 0 Å². The summed E-state index contributed by atoms with van der Waals surface area (Å²) in [6.07, 6.45) is 13.6. The summed E-state index contributed by atoms with van der Waals surface area (Å²) in [4.78, 5) is 9.54. The molecule has 328 valence electrons. The Bertz CT molecular complexity index is 3510. The fourth-order valence-corrected chi connectivity index (χ4v) is 13.3. The number of hydrogen-bond acceptors (Lipinski definition) is 4. The second-order valence-corrected chi connectivity index (χ2v) is 20.3. The minimum absolute atomic E-state index is 0.185. The van der Waals surface area contributed by atoms with Crippen molar-refractivity contribution < 1.29 is 0 Å². The Balaban J connectivity index is 0.000000271. The number of para-hydroxylation sites is 3. The Kier molecular flexibility index (Phi) is 10.8. The molecule has 0 radical (unpaired) electrons. The normalized spacial score (nSPS) is 15.1. The molecule has 1 saturated carbocycles. The number of thioether (sulfide) groups is 1. The first kappa shape index (κ1) is 42.1. The molecule has 2 nitrogen and oxygen atoms in total. The van der Waals surface area contributed by atoms with E-state index >= 15 is 0 Å². The Morgan fingerprint density at radius 1 is 0.500 bits per heavy atom. The third kappa shape index (κ3) is 7.13. The van der Waals surface area contributed by atoms with Gasteiger partial charge in [0.05, 0.1) is 22.8 Å². The Hall–Kier alpha value is -7.24. The van der Waals surface area contributed by atoms with Crippen LogP contribution in [0.2, 0.25) is 0 Å². The molecule has 0 unspecified atom stereocenters. The molecule has 1 fully saturated rings. The van der Waals surface area contributed by atoms with Gasteiger partial charge in [-0.1, -0.05) is 201 Å². The SMILES string of the molecule is C=CC1=C(C=C)N(c2ccc3cc(-c4ccc(/C=C/c5ccc6c(c5)C5(CCCC5)c5ccccc5-6)c5ccccc45)ccc3c2)c2ccccc2S1.CN1c2ccccc2Sc2ccccc21. The summed E-state index contributed by atoms with van der Waals surface area (Å²) in [6.45, 7) is 8.26. The van der Waals surface area contributed by atoms with Crippen molar-refractivity contribution in [1.82, 2.24) is 0 Å². The molecule has 13 rings (SSSR count). The summed E-state index contributed by atoms with van der Waals surface area (Å²) < 4.78 is 0. The first-order valence-corrected chi connectivity index (χ1v) is 25.3. The van der Waals surface area contributed by atoms with E-state index in [2.05, 4.69) is 230 Å². The monoisotopic (exact) mass is 910 g/mol. The van der Waals surface area contributed by atoms with Gasteiger partial charge >= 0.3 is 0 Å². The number of rotatable bonds is 6. The van der Waals surface area contributed by atoms with E-state index in [-0.39, 0.29) is 5.41 Å². The topological polar surface area (TPSA) is 6.48 Å². The van der Waals surface area contributed by atoms with Gasteiger partial charge in [-0.15, -0.1) is 0 Å². The van der Waals surface area contributed by atoms with Crippen molar-refractivity contribution in [2.24, 2.45) is 0 Å². The zero-order valence-electron chi connectivity index (χ0n) is 38.2. The van der Waals surface area contributed by atoms with E-state index in [9.17, 15) is 0 Å². The summed E-state index contributed by atoms with van der Waals surface area (Å²) >= 11 is 3.59. The van der Waals surface area contributed by atoms with E-state index in [1.54, 1.807) is 11.8 Å². The fourth-order valence-electron chi connectivity index (χ4n) is 11.2. The van der Waals surface area contributed by atoms with Crippen LogP contribution in [-0.2, 0) is 5.41 Å². The molecule has 4 aliphatic rings. The molecular formula is C64H50N2S2. The van der Waals surface area contributed by atoms with Crippen molar-refractivity contribution in [1.29, 1.82) is 0 Å². The van der Waals surface area contributed by atoms with Crippen LogP contribution in [0.1, 0.15) is 47.9 Å². The van der Waals surface area contributed by atoms with Crippen molar-refractivity contribution in [3.05, 3.63) is 246 Å². The molecule has 9 aromatic carbocycles. The van der Waals surface area contributed by atoms with Crippen LogP contribution < -0.4 is 9.80 Å². The first-order valence-electron chi connectivity index (χ1n) is 23.7. The zero-order valence-corrected chi connectivity index (χ0v) is 39.8. The van der Waals surface area contributed by atoms with Gasteiger partial charge in [0.1, 0.15) is 0 Å². The highest BCUT2D eigenvalue weighted by atomic mass is 32.2. The Morgan fingerprint density at radius 2 is 1.12 bits per heavy atom. The summed E-state index contributed by atoms with van der Waals surface area (Å²) in [7, 11) is 2.12. The highest BCUT2D eigenvalue weighted by Crippen LogP contribution is 2.57. The molecule has 4 heteroatoms. The van der Waals surface area contributed by atoms with Gasteiger partial charge in [-0.2, -0.15) is 0 Å². The summed E-state index contributed by atoms with van der Waals surface area (Å²) in [5, 5.41) is 4.94. The van der Waals surface area contributed by atoms with E-state index in [0.29, 0.717) is 0 Å². The molecule has 0 amide bonds. The van der Waals surface area contributed by atoms with Crippen molar-refractivity contribution >= 4 is 80.0 Å². The number of benzene rings is 9. The molecule has 0 N–H and O–H groups in total. The molecule has 9 aromatic rings. The van der Waals surface area contributed by atoms with Crippen LogP contribution in [0.15, 0.2) is 239 Å². The van der Waals surface area contributed by atoms with Crippen LogP contribution in [0.25, 0.3) is 56.0 Å². The van der Waals surface area contributed by atoms with Crippen LogP contribution in [0.4, 0.5) is 22.7 Å². The molecule has 2 aliphatic carbocycles. The maximum Gasteiger partial charge on any atom is 0.0601 e. The number of hydrogen-bond donors (Lipinski definition) is 0. The number of allylic oxidation sites excluding steroid dienone is 2.